The molecule has 3 unspecified atom stereocenters. The zero-order valence-electron chi connectivity index (χ0n) is 16.3. The highest BCUT2D eigenvalue weighted by molar-refractivity contribution is 5.72. The van der Waals surface area contributed by atoms with Crippen LogP contribution in [0.4, 0.5) is 4.79 Å². The normalized spacial score (nSPS) is 23.5. The lowest BCUT2D eigenvalue weighted by Crippen LogP contribution is -2.41. The van der Waals surface area contributed by atoms with Crippen LogP contribution in [0, 0.1) is 5.41 Å². The van der Waals surface area contributed by atoms with Crippen molar-refractivity contribution in [1.29, 1.82) is 0 Å². The summed E-state index contributed by atoms with van der Waals surface area (Å²) in [6.45, 7) is 6.82. The SMILES string of the molecule is Cn1c(=O)n(CC(C)(C)C)c2ccc(C3CC(NC(=O)O)CCC3O)nc21. The summed E-state index contributed by atoms with van der Waals surface area (Å²) in [4.78, 5) is 28.3. The smallest absolute Gasteiger partial charge is 0.404 e. The van der Waals surface area contributed by atoms with Crippen molar-refractivity contribution >= 4 is 17.3 Å². The number of imidazole rings is 1. The van der Waals surface area contributed by atoms with Gasteiger partial charge in [-0.3, -0.25) is 9.13 Å². The maximum Gasteiger partial charge on any atom is 0.404 e. The number of aromatic nitrogens is 3. The predicted octanol–water partition coefficient (Wildman–Crippen LogP) is 2.05. The van der Waals surface area contributed by atoms with Gasteiger partial charge in [0.05, 0.1) is 11.6 Å². The minimum absolute atomic E-state index is 0.0495. The third-order valence-electron chi connectivity index (χ3n) is 5.16. The van der Waals surface area contributed by atoms with E-state index in [1.807, 2.05) is 12.1 Å². The van der Waals surface area contributed by atoms with Crippen molar-refractivity contribution in [3.05, 3.63) is 28.3 Å². The molecule has 0 bridgehead atoms. The lowest BCUT2D eigenvalue weighted by molar-refractivity contribution is 0.0897. The van der Waals surface area contributed by atoms with E-state index in [0.717, 1.165) is 5.52 Å². The third-order valence-corrected chi connectivity index (χ3v) is 5.16. The Morgan fingerprint density at radius 2 is 2.04 bits per heavy atom. The molecule has 1 aliphatic carbocycles. The standard InChI is InChI=1S/C19H28N4O4/c1-19(2,3)10-23-14-7-6-13(21-16(14)22(4)18(23)27)12-9-11(20-17(25)26)5-8-15(12)24/h6-7,11-12,15,20,24H,5,8-10H2,1-4H3,(H,25,26). The van der Waals surface area contributed by atoms with Crippen LogP contribution >= 0.6 is 0 Å². The second kappa shape index (κ2) is 6.99. The maximum absolute atomic E-state index is 12.7. The number of amides is 1. The molecule has 3 N–H and O–H groups in total. The van der Waals surface area contributed by atoms with E-state index >= 15 is 0 Å². The second-order valence-electron chi connectivity index (χ2n) is 8.70. The van der Waals surface area contributed by atoms with E-state index in [-0.39, 0.29) is 23.1 Å². The Morgan fingerprint density at radius 3 is 2.67 bits per heavy atom. The van der Waals surface area contributed by atoms with Crippen LogP contribution in [-0.4, -0.2) is 42.6 Å². The van der Waals surface area contributed by atoms with Gasteiger partial charge >= 0.3 is 11.8 Å². The molecule has 3 rings (SSSR count). The van der Waals surface area contributed by atoms with Crippen LogP contribution in [0.3, 0.4) is 0 Å². The number of nitrogens with zero attached hydrogens (tertiary/aromatic N) is 3. The van der Waals surface area contributed by atoms with Crippen molar-refractivity contribution in [2.75, 3.05) is 0 Å². The number of hydrogen-bond acceptors (Lipinski definition) is 4. The lowest BCUT2D eigenvalue weighted by Gasteiger charge is -2.32. The number of rotatable bonds is 3. The molecule has 0 spiro atoms. The van der Waals surface area contributed by atoms with E-state index in [0.29, 0.717) is 37.1 Å². The van der Waals surface area contributed by atoms with Crippen LogP contribution in [0.5, 0.6) is 0 Å². The number of aryl methyl sites for hydroxylation is 1. The van der Waals surface area contributed by atoms with Gasteiger partial charge in [0.15, 0.2) is 5.65 Å². The average molecular weight is 376 g/mol. The molecule has 148 valence electrons. The fraction of sp³-hybridized carbons (Fsp3) is 0.632. The molecule has 2 heterocycles. The van der Waals surface area contributed by atoms with E-state index in [1.54, 1.807) is 11.6 Å². The first kappa shape index (κ1) is 19.4. The molecular weight excluding hydrogens is 348 g/mol. The minimum atomic E-state index is -1.06. The lowest BCUT2D eigenvalue weighted by atomic mass is 9.81. The zero-order chi connectivity index (χ0) is 19.9. The predicted molar refractivity (Wildman–Crippen MR) is 102 cm³/mol. The summed E-state index contributed by atoms with van der Waals surface area (Å²) in [5, 5.41) is 21.9. The number of nitrogens with one attached hydrogen (secondary N) is 1. The van der Waals surface area contributed by atoms with Crippen molar-refractivity contribution in [3.8, 4) is 0 Å². The first-order valence-corrected chi connectivity index (χ1v) is 9.30. The Labute approximate surface area is 157 Å². The molecule has 0 aliphatic heterocycles. The van der Waals surface area contributed by atoms with Gasteiger partial charge in [-0.25, -0.2) is 14.6 Å². The monoisotopic (exact) mass is 376 g/mol. The van der Waals surface area contributed by atoms with Crippen molar-refractivity contribution in [1.82, 2.24) is 19.4 Å². The van der Waals surface area contributed by atoms with Crippen LogP contribution in [0.2, 0.25) is 0 Å². The van der Waals surface area contributed by atoms with E-state index in [1.165, 1.54) is 4.57 Å². The fourth-order valence-electron chi connectivity index (χ4n) is 3.90. The number of carboxylic acid groups (broad SMARTS) is 1. The number of aliphatic hydroxyl groups excluding tert-OH is 1. The Morgan fingerprint density at radius 1 is 1.33 bits per heavy atom. The molecule has 1 fully saturated rings. The topological polar surface area (TPSA) is 109 Å². The molecule has 1 saturated carbocycles. The molecule has 0 aromatic carbocycles. The summed E-state index contributed by atoms with van der Waals surface area (Å²) < 4.78 is 3.27. The van der Waals surface area contributed by atoms with Crippen molar-refractivity contribution in [2.45, 2.75) is 64.6 Å². The molecule has 27 heavy (non-hydrogen) atoms. The number of carbonyl (C=O) groups is 1. The second-order valence-corrected chi connectivity index (χ2v) is 8.70. The van der Waals surface area contributed by atoms with Crippen molar-refractivity contribution in [3.63, 3.8) is 0 Å². The summed E-state index contributed by atoms with van der Waals surface area (Å²) in [5.41, 5.74) is 1.88. The van der Waals surface area contributed by atoms with E-state index in [2.05, 4.69) is 31.1 Å². The van der Waals surface area contributed by atoms with Gasteiger partial charge in [0.25, 0.3) is 0 Å². The first-order chi connectivity index (χ1) is 12.6. The van der Waals surface area contributed by atoms with Crippen LogP contribution in [-0.2, 0) is 13.6 Å². The van der Waals surface area contributed by atoms with E-state index in [9.17, 15) is 14.7 Å². The molecular formula is C19H28N4O4. The fourth-order valence-corrected chi connectivity index (χ4v) is 3.90. The molecule has 3 atom stereocenters. The molecule has 8 heteroatoms. The number of aliphatic hydroxyl groups is 1. The number of fused-ring (bicyclic) bond motifs is 1. The molecule has 2 aromatic rings. The number of pyridine rings is 1. The van der Waals surface area contributed by atoms with Crippen molar-refractivity contribution in [2.24, 2.45) is 12.5 Å². The highest BCUT2D eigenvalue weighted by Gasteiger charge is 2.32. The quantitative estimate of drug-likeness (QED) is 0.759. The highest BCUT2D eigenvalue weighted by Crippen LogP contribution is 2.33. The zero-order valence-corrected chi connectivity index (χ0v) is 16.3. The largest absolute Gasteiger partial charge is 0.465 e. The first-order valence-electron chi connectivity index (χ1n) is 9.30. The summed E-state index contributed by atoms with van der Waals surface area (Å²) in [5.74, 6) is -0.263. The van der Waals surface area contributed by atoms with Gasteiger partial charge in [-0.1, -0.05) is 20.8 Å². The van der Waals surface area contributed by atoms with Gasteiger partial charge in [-0.05, 0) is 36.8 Å². The minimum Gasteiger partial charge on any atom is -0.465 e. The van der Waals surface area contributed by atoms with Gasteiger partial charge in [-0.2, -0.15) is 0 Å². The van der Waals surface area contributed by atoms with Crippen molar-refractivity contribution < 1.29 is 15.0 Å². The summed E-state index contributed by atoms with van der Waals surface area (Å²) in [6, 6.07) is 3.52. The Bertz CT molecular complexity index is 909. The molecule has 0 saturated heterocycles. The Balaban J connectivity index is 1.98. The Hall–Kier alpha value is -2.35. The number of hydrogen-bond donors (Lipinski definition) is 3. The molecule has 2 aromatic heterocycles. The van der Waals surface area contributed by atoms with Gasteiger partial charge in [-0.15, -0.1) is 0 Å². The van der Waals surface area contributed by atoms with Crippen LogP contribution < -0.4 is 11.0 Å². The van der Waals surface area contributed by atoms with Crippen LogP contribution in [0.15, 0.2) is 16.9 Å². The maximum atomic E-state index is 12.7. The van der Waals surface area contributed by atoms with Crippen LogP contribution in [0.25, 0.3) is 11.2 Å². The average Bonchev–Trinajstić information content (AvgIpc) is 2.79. The highest BCUT2D eigenvalue weighted by atomic mass is 16.4. The molecule has 1 aliphatic rings. The van der Waals surface area contributed by atoms with Gasteiger partial charge in [0, 0.05) is 31.2 Å². The molecule has 0 radical (unpaired) electrons. The van der Waals surface area contributed by atoms with Gasteiger partial charge in [0.1, 0.15) is 0 Å². The molecule has 1 amide bonds. The van der Waals surface area contributed by atoms with E-state index in [4.69, 9.17) is 5.11 Å². The summed E-state index contributed by atoms with van der Waals surface area (Å²) in [6.07, 6.45) is -0.0233. The summed E-state index contributed by atoms with van der Waals surface area (Å²) >= 11 is 0. The third kappa shape index (κ3) is 4.00. The molecule has 8 nitrogen and oxygen atoms in total. The Kier molecular flexibility index (Phi) is 5.03. The van der Waals surface area contributed by atoms with Crippen LogP contribution in [0.1, 0.15) is 51.6 Å². The summed E-state index contributed by atoms with van der Waals surface area (Å²) in [7, 11) is 1.70. The van der Waals surface area contributed by atoms with Gasteiger partial charge in [0.2, 0.25) is 0 Å². The van der Waals surface area contributed by atoms with Gasteiger partial charge < -0.3 is 15.5 Å². The van der Waals surface area contributed by atoms with E-state index < -0.39 is 12.2 Å².